The molecule has 13 nitrogen and oxygen atoms in total. The minimum atomic E-state index is -2.39. The van der Waals surface area contributed by atoms with Crippen LogP contribution in [0.4, 0.5) is 5.82 Å². The molecule has 0 bridgehead atoms. The molecule has 1 unspecified atom stereocenters. The molecule has 5 atom stereocenters. The summed E-state index contributed by atoms with van der Waals surface area (Å²) in [6.07, 6.45) is 4.56. The van der Waals surface area contributed by atoms with Gasteiger partial charge in [-0.1, -0.05) is 62.3 Å². The number of fused-ring (bicyclic) bond motifs is 1. The minimum absolute atomic E-state index is 0.0235. The fraction of sp³-hybridized carbons (Fsp3) is 0.750. The predicted octanol–water partition coefficient (Wildman–Crippen LogP) is 7.73. The quantitative estimate of drug-likeness (QED) is 0.143. The Hall–Kier alpha value is -2.32. The van der Waals surface area contributed by atoms with Crippen molar-refractivity contribution >= 4 is 48.2 Å². The van der Waals surface area contributed by atoms with Crippen LogP contribution in [0.25, 0.3) is 17.1 Å². The number of aldehydes is 1. The van der Waals surface area contributed by atoms with Crippen LogP contribution in [0.3, 0.4) is 0 Å². The highest BCUT2D eigenvalue weighted by atomic mass is 28.4. The molecular weight excluding hydrogens is 711 g/mol. The van der Waals surface area contributed by atoms with Gasteiger partial charge in [0.25, 0.3) is 5.95 Å². The van der Waals surface area contributed by atoms with Gasteiger partial charge in [-0.15, -0.1) is 0 Å². The Morgan fingerprint density at radius 2 is 1.52 bits per heavy atom. The van der Waals surface area contributed by atoms with Gasteiger partial charge in [-0.2, -0.15) is 15.1 Å². The molecule has 3 aromatic heterocycles. The number of hydrogen-bond donors (Lipinski definition) is 1. The molecule has 290 valence electrons. The molecule has 5 rings (SSSR count). The van der Waals surface area contributed by atoms with Gasteiger partial charge in [0, 0.05) is 12.8 Å². The van der Waals surface area contributed by atoms with Crippen molar-refractivity contribution < 1.29 is 27.5 Å². The van der Waals surface area contributed by atoms with Crippen molar-refractivity contribution in [3.63, 3.8) is 0 Å². The number of nitrogens with zero attached hydrogens (tertiary/aromatic N) is 6. The zero-order chi connectivity index (χ0) is 38.7. The van der Waals surface area contributed by atoms with Gasteiger partial charge in [-0.25, -0.2) is 9.67 Å². The molecule has 0 saturated carbocycles. The number of rotatable bonds is 12. The van der Waals surface area contributed by atoms with Gasteiger partial charge in [-0.05, 0) is 60.8 Å². The van der Waals surface area contributed by atoms with Crippen LogP contribution < -0.4 is 5.32 Å². The van der Waals surface area contributed by atoms with E-state index in [9.17, 15) is 4.79 Å². The summed E-state index contributed by atoms with van der Waals surface area (Å²) >= 11 is 0. The van der Waals surface area contributed by atoms with E-state index in [1.54, 1.807) is 12.5 Å². The number of carbonyl (C=O) groups is 1. The number of nitrogens with one attached hydrogen (secondary N) is 1. The summed E-state index contributed by atoms with van der Waals surface area (Å²) in [5.41, 5.74) is 1.57. The van der Waals surface area contributed by atoms with Gasteiger partial charge in [0.05, 0.1) is 37.3 Å². The summed E-state index contributed by atoms with van der Waals surface area (Å²) in [6.45, 7) is 35.5. The monoisotopic (exact) mass is 773 g/mol. The zero-order valence-electron chi connectivity index (χ0n) is 34.2. The second-order valence-electron chi connectivity index (χ2n) is 19.1. The van der Waals surface area contributed by atoms with Crippen molar-refractivity contribution in [2.75, 3.05) is 25.1 Å². The maximum Gasteiger partial charge on any atom is 0.254 e. The van der Waals surface area contributed by atoms with E-state index in [-0.39, 0.29) is 21.2 Å². The van der Waals surface area contributed by atoms with Crippen LogP contribution in [0, 0.1) is 0 Å². The van der Waals surface area contributed by atoms with E-state index < -0.39 is 49.5 Å². The van der Waals surface area contributed by atoms with E-state index in [1.807, 2.05) is 4.57 Å². The highest BCUT2D eigenvalue weighted by Crippen LogP contribution is 2.47. The molecule has 0 radical (unpaired) electrons. The number of imidazole rings is 1. The Bertz CT molecular complexity index is 1720. The van der Waals surface area contributed by atoms with Crippen LogP contribution in [0.5, 0.6) is 0 Å². The lowest BCUT2D eigenvalue weighted by atomic mass is 10.1. The summed E-state index contributed by atoms with van der Waals surface area (Å²) < 4.78 is 37.9. The number of anilines is 1. The first-order valence-electron chi connectivity index (χ1n) is 18.6. The lowest BCUT2D eigenvalue weighted by Gasteiger charge is -2.44. The summed E-state index contributed by atoms with van der Waals surface area (Å²) in [5, 5.41) is 7.84. The van der Waals surface area contributed by atoms with Crippen LogP contribution in [0.2, 0.25) is 54.4 Å². The molecule has 1 N–H and O–H groups in total. The maximum absolute atomic E-state index is 11.6. The fourth-order valence-electron chi connectivity index (χ4n) is 5.52. The molecule has 16 heteroatoms. The van der Waals surface area contributed by atoms with Crippen LogP contribution in [-0.4, -0.2) is 105 Å². The first-order chi connectivity index (χ1) is 23.8. The first-order valence-corrected chi connectivity index (χ1v) is 27.3. The third-order valence-electron chi connectivity index (χ3n) is 12.1. The Balaban J connectivity index is 1.68. The average molecular weight is 774 g/mol. The third kappa shape index (κ3) is 8.33. The molecule has 3 aromatic rings. The lowest BCUT2D eigenvalue weighted by Crippen LogP contribution is -2.54. The van der Waals surface area contributed by atoms with Crippen molar-refractivity contribution in [3.8, 4) is 5.95 Å². The van der Waals surface area contributed by atoms with Crippen molar-refractivity contribution in [1.29, 1.82) is 0 Å². The van der Waals surface area contributed by atoms with Crippen molar-refractivity contribution in [2.24, 2.45) is 0 Å². The fourth-order valence-corrected chi connectivity index (χ4v) is 9.14. The van der Waals surface area contributed by atoms with Crippen LogP contribution in [-0.2, 0) is 22.8 Å². The Morgan fingerprint density at radius 3 is 2.06 bits per heavy atom. The Labute approximate surface area is 313 Å². The molecule has 2 saturated heterocycles. The number of hydrogen-bond acceptors (Lipinski definition) is 11. The average Bonchev–Trinajstić information content (AvgIpc) is 3.82. The van der Waals surface area contributed by atoms with Gasteiger partial charge in [-0.3, -0.25) is 9.36 Å². The van der Waals surface area contributed by atoms with Crippen LogP contribution in [0.1, 0.15) is 85.3 Å². The molecule has 0 aromatic carbocycles. The topological polar surface area (TPSA) is 137 Å². The second kappa shape index (κ2) is 14.4. The molecular formula is C36H63N7O6Si3. The summed E-state index contributed by atoms with van der Waals surface area (Å²) in [4.78, 5) is 26.3. The number of carbonyl (C=O) groups excluding carboxylic acids is 1. The molecule has 2 aliphatic heterocycles. The van der Waals surface area contributed by atoms with E-state index in [4.69, 9.17) is 37.7 Å². The zero-order valence-corrected chi connectivity index (χ0v) is 37.2. The Kier molecular flexibility index (Phi) is 11.3. The minimum Gasteiger partial charge on any atom is -0.414 e. The molecule has 2 fully saturated rings. The first kappa shape index (κ1) is 40.9. The highest BCUT2D eigenvalue weighted by Gasteiger charge is 2.55. The molecule has 5 heterocycles. The SMILES string of the molecule is CC(C)(C)[Si](C)(C)OC[C@H]1O[C@@H](n2cnc3c(NC4CCOC4)nc(-n4cc(C=O)cn4)nc32)[C@@H](O[Si](C)(C)C(C)(C)C)[C@@H]1O[Si](C)(C)C(C)(C)C. The van der Waals surface area contributed by atoms with E-state index in [1.165, 1.54) is 10.9 Å². The molecule has 2 aliphatic rings. The van der Waals surface area contributed by atoms with Gasteiger partial charge in [0.15, 0.2) is 54.4 Å². The van der Waals surface area contributed by atoms with E-state index in [0.717, 1.165) is 12.7 Å². The van der Waals surface area contributed by atoms with Gasteiger partial charge in [0.1, 0.15) is 18.3 Å². The molecule has 0 aliphatic carbocycles. The van der Waals surface area contributed by atoms with E-state index >= 15 is 0 Å². The summed E-state index contributed by atoms with van der Waals surface area (Å²) in [5.74, 6) is 0.861. The largest absolute Gasteiger partial charge is 0.414 e. The van der Waals surface area contributed by atoms with Crippen LogP contribution in [0.15, 0.2) is 18.7 Å². The summed E-state index contributed by atoms with van der Waals surface area (Å²) in [6, 6.07) is 0.0656. The normalized spacial score (nSPS) is 23.9. The molecule has 0 amide bonds. The second-order valence-corrected chi connectivity index (χ2v) is 33.4. The van der Waals surface area contributed by atoms with E-state index in [2.05, 4.69) is 112 Å². The predicted molar refractivity (Wildman–Crippen MR) is 212 cm³/mol. The number of aromatic nitrogens is 6. The van der Waals surface area contributed by atoms with E-state index in [0.29, 0.717) is 48.3 Å². The Morgan fingerprint density at radius 1 is 0.904 bits per heavy atom. The smallest absolute Gasteiger partial charge is 0.254 e. The van der Waals surface area contributed by atoms with Gasteiger partial charge in [0.2, 0.25) is 0 Å². The van der Waals surface area contributed by atoms with Gasteiger partial charge >= 0.3 is 0 Å². The highest BCUT2D eigenvalue weighted by molar-refractivity contribution is 6.75. The van der Waals surface area contributed by atoms with Crippen molar-refractivity contribution in [2.45, 2.75) is 154 Å². The van der Waals surface area contributed by atoms with Crippen molar-refractivity contribution in [3.05, 3.63) is 24.3 Å². The maximum atomic E-state index is 11.6. The third-order valence-corrected chi connectivity index (χ3v) is 25.5. The standard InChI is InChI=1S/C36H63N7O6Si3/c1-34(2,3)50(10,11)46-22-26-28(48-51(12,13)35(4,5)6)29(49-52(14,15)36(7,8)9)32(47-26)42-23-37-27-30(39-25-16-17-45-21-25)40-33(41-31(27)42)43-19-24(20-44)18-38-43/h18-20,23,25-26,28-29,32H,16-17,21-22H2,1-15H3,(H,39,40,41)/t25?,26-,28-,29+,32-/m1/s1. The summed E-state index contributed by atoms with van der Waals surface area (Å²) in [7, 11) is -6.88. The van der Waals surface area contributed by atoms with Gasteiger partial charge < -0.3 is 28.1 Å². The number of ether oxygens (including phenoxy) is 2. The lowest BCUT2D eigenvalue weighted by molar-refractivity contribution is -0.0470. The molecule has 52 heavy (non-hydrogen) atoms. The van der Waals surface area contributed by atoms with Crippen LogP contribution >= 0.6 is 0 Å². The molecule has 0 spiro atoms. The van der Waals surface area contributed by atoms with Crippen molar-refractivity contribution in [1.82, 2.24) is 29.3 Å².